The van der Waals surface area contributed by atoms with Gasteiger partial charge in [0.2, 0.25) is 0 Å². The van der Waals surface area contributed by atoms with Crippen molar-refractivity contribution in [2.24, 2.45) is 29.1 Å². The molecule has 3 aliphatic rings. The predicted octanol–water partition coefficient (Wildman–Crippen LogP) is 2.79. The lowest BCUT2D eigenvalue weighted by molar-refractivity contribution is -0.150. The third kappa shape index (κ3) is 1.22. The third-order valence-electron chi connectivity index (χ3n) is 5.13. The van der Waals surface area contributed by atoms with Crippen LogP contribution in [0.3, 0.4) is 0 Å². The summed E-state index contributed by atoms with van der Waals surface area (Å²) in [5, 5.41) is 0. The molecule has 2 nitrogen and oxygen atoms in total. The second-order valence-corrected chi connectivity index (χ2v) is 6.06. The molecule has 0 radical (unpaired) electrons. The second-order valence-electron chi connectivity index (χ2n) is 6.06. The lowest BCUT2D eigenvalue weighted by atomic mass is 9.56. The number of carbonyl (C=O) groups is 1. The molecular weight excluding hydrogens is 200 g/mol. The third-order valence-corrected chi connectivity index (χ3v) is 5.13. The molecule has 1 saturated carbocycles. The van der Waals surface area contributed by atoms with Gasteiger partial charge in [-0.2, -0.15) is 0 Å². The van der Waals surface area contributed by atoms with Gasteiger partial charge in [0.25, 0.3) is 0 Å². The second kappa shape index (κ2) is 3.35. The van der Waals surface area contributed by atoms with Crippen LogP contribution in [0.25, 0.3) is 0 Å². The van der Waals surface area contributed by atoms with Gasteiger partial charge in [-0.25, -0.2) is 0 Å². The highest BCUT2D eigenvalue weighted by atomic mass is 16.5. The van der Waals surface area contributed by atoms with E-state index in [1.807, 2.05) is 0 Å². The van der Waals surface area contributed by atoms with E-state index in [0.717, 1.165) is 5.92 Å². The molecule has 5 atom stereocenters. The summed E-state index contributed by atoms with van der Waals surface area (Å²) >= 11 is 0. The number of cyclic esters (lactones) is 1. The van der Waals surface area contributed by atoms with Crippen molar-refractivity contribution in [3.63, 3.8) is 0 Å². The molecule has 0 spiro atoms. The maximum Gasteiger partial charge on any atom is 0.312 e. The van der Waals surface area contributed by atoms with Crippen LogP contribution in [-0.4, -0.2) is 12.6 Å². The first-order chi connectivity index (χ1) is 7.62. The first-order valence-corrected chi connectivity index (χ1v) is 6.48. The minimum Gasteiger partial charge on any atom is -0.465 e. The van der Waals surface area contributed by atoms with Crippen LogP contribution in [0.4, 0.5) is 0 Å². The van der Waals surface area contributed by atoms with Gasteiger partial charge in [0.05, 0.1) is 12.0 Å². The molecule has 0 aromatic carbocycles. The van der Waals surface area contributed by atoms with Crippen molar-refractivity contribution in [3.05, 3.63) is 12.2 Å². The Balaban J connectivity index is 1.96. The van der Waals surface area contributed by atoms with Crippen molar-refractivity contribution in [1.82, 2.24) is 0 Å². The zero-order valence-corrected chi connectivity index (χ0v) is 10.1. The van der Waals surface area contributed by atoms with Crippen LogP contribution in [0.15, 0.2) is 12.2 Å². The molecule has 0 aromatic rings. The number of esters is 1. The number of hydrogen-bond acceptors (Lipinski definition) is 2. The van der Waals surface area contributed by atoms with E-state index >= 15 is 0 Å². The summed E-state index contributed by atoms with van der Waals surface area (Å²) in [5.74, 6) is 2.31. The molecule has 2 heteroatoms. The lowest BCUT2D eigenvalue weighted by Gasteiger charge is -2.45. The van der Waals surface area contributed by atoms with E-state index in [9.17, 15) is 4.79 Å². The fourth-order valence-electron chi connectivity index (χ4n) is 3.99. The topological polar surface area (TPSA) is 26.3 Å². The van der Waals surface area contributed by atoms with E-state index < -0.39 is 0 Å². The Morgan fingerprint density at radius 1 is 1.38 bits per heavy atom. The van der Waals surface area contributed by atoms with E-state index in [2.05, 4.69) is 26.0 Å². The molecule has 0 N–H and O–H groups in total. The molecule has 2 fully saturated rings. The molecule has 1 saturated heterocycles. The Hall–Kier alpha value is -0.790. The van der Waals surface area contributed by atoms with Gasteiger partial charge in [-0.1, -0.05) is 25.5 Å². The fourth-order valence-corrected chi connectivity index (χ4v) is 3.99. The van der Waals surface area contributed by atoms with E-state index in [0.29, 0.717) is 24.4 Å². The average molecular weight is 220 g/mol. The normalized spacial score (nSPS) is 50.8. The lowest BCUT2D eigenvalue weighted by Crippen LogP contribution is -2.45. The van der Waals surface area contributed by atoms with E-state index in [1.165, 1.54) is 19.3 Å². The number of allylic oxidation sites excluding steroid dienone is 1. The highest BCUT2D eigenvalue weighted by Gasteiger charge is 2.56. The molecule has 3 rings (SSSR count). The maximum absolute atomic E-state index is 12.0. The van der Waals surface area contributed by atoms with Crippen LogP contribution in [0.2, 0.25) is 0 Å². The summed E-state index contributed by atoms with van der Waals surface area (Å²) in [6.07, 6.45) is 8.30. The van der Waals surface area contributed by atoms with Gasteiger partial charge in [-0.05, 0) is 37.5 Å². The fraction of sp³-hybridized carbons (Fsp3) is 0.786. The molecule has 0 bridgehead atoms. The number of ether oxygens (including phenoxy) is 1. The quantitative estimate of drug-likeness (QED) is 0.463. The summed E-state index contributed by atoms with van der Waals surface area (Å²) in [7, 11) is 0. The Kier molecular flexibility index (Phi) is 2.17. The minimum atomic E-state index is -0.223. The Labute approximate surface area is 97.1 Å². The van der Waals surface area contributed by atoms with Crippen molar-refractivity contribution in [3.8, 4) is 0 Å². The Bertz CT molecular complexity index is 347. The predicted molar refractivity (Wildman–Crippen MR) is 61.7 cm³/mol. The van der Waals surface area contributed by atoms with Crippen molar-refractivity contribution < 1.29 is 9.53 Å². The first kappa shape index (κ1) is 10.4. The Morgan fingerprint density at radius 3 is 3.00 bits per heavy atom. The standard InChI is InChI=1S/C14H20O2/c1-9-3-6-12-10(7-9)4-5-11-8-16-13(15)14(11,12)2/h4-5,9-12H,3,6-8H2,1-2H3/t9-,10-,11+,12-,14-/m1/s1. The molecule has 2 aliphatic carbocycles. The summed E-state index contributed by atoms with van der Waals surface area (Å²) in [5.41, 5.74) is -0.223. The van der Waals surface area contributed by atoms with Gasteiger partial charge in [0, 0.05) is 5.92 Å². The van der Waals surface area contributed by atoms with E-state index in [-0.39, 0.29) is 11.4 Å². The molecule has 0 unspecified atom stereocenters. The Morgan fingerprint density at radius 2 is 2.19 bits per heavy atom. The van der Waals surface area contributed by atoms with E-state index in [1.54, 1.807) is 0 Å². The largest absolute Gasteiger partial charge is 0.465 e. The van der Waals surface area contributed by atoms with Crippen molar-refractivity contribution >= 4 is 5.97 Å². The number of hydrogen-bond donors (Lipinski definition) is 0. The van der Waals surface area contributed by atoms with Gasteiger partial charge in [0.15, 0.2) is 0 Å². The highest BCUT2D eigenvalue weighted by Crippen LogP contribution is 2.54. The summed E-state index contributed by atoms with van der Waals surface area (Å²) in [6.45, 7) is 5.06. The molecule has 0 aromatic heterocycles. The minimum absolute atomic E-state index is 0.0476. The van der Waals surface area contributed by atoms with Crippen molar-refractivity contribution in [2.45, 2.75) is 33.1 Å². The highest BCUT2D eigenvalue weighted by molar-refractivity contribution is 5.80. The van der Waals surface area contributed by atoms with E-state index in [4.69, 9.17) is 4.74 Å². The summed E-state index contributed by atoms with van der Waals surface area (Å²) in [6, 6.07) is 0. The van der Waals surface area contributed by atoms with Gasteiger partial charge in [-0.15, -0.1) is 0 Å². The summed E-state index contributed by atoms with van der Waals surface area (Å²) < 4.78 is 5.29. The van der Waals surface area contributed by atoms with Crippen molar-refractivity contribution in [2.75, 3.05) is 6.61 Å². The molecule has 88 valence electrons. The van der Waals surface area contributed by atoms with Crippen LogP contribution in [0.1, 0.15) is 33.1 Å². The number of fused-ring (bicyclic) bond motifs is 3. The van der Waals surface area contributed by atoms with Crippen LogP contribution >= 0.6 is 0 Å². The zero-order valence-electron chi connectivity index (χ0n) is 10.1. The zero-order chi connectivity index (χ0) is 11.3. The molecule has 16 heavy (non-hydrogen) atoms. The van der Waals surface area contributed by atoms with Crippen molar-refractivity contribution in [1.29, 1.82) is 0 Å². The average Bonchev–Trinajstić information content (AvgIpc) is 2.55. The van der Waals surface area contributed by atoms with Crippen LogP contribution in [-0.2, 0) is 9.53 Å². The molecular formula is C14H20O2. The first-order valence-electron chi connectivity index (χ1n) is 6.48. The van der Waals surface area contributed by atoms with Crippen LogP contribution in [0.5, 0.6) is 0 Å². The smallest absolute Gasteiger partial charge is 0.312 e. The molecule has 0 amide bonds. The molecule has 1 heterocycles. The van der Waals surface area contributed by atoms with Gasteiger partial charge in [-0.3, -0.25) is 4.79 Å². The number of rotatable bonds is 0. The monoisotopic (exact) mass is 220 g/mol. The van der Waals surface area contributed by atoms with Gasteiger partial charge in [0.1, 0.15) is 0 Å². The van der Waals surface area contributed by atoms with Crippen LogP contribution < -0.4 is 0 Å². The van der Waals surface area contributed by atoms with Crippen LogP contribution in [0, 0.1) is 29.1 Å². The summed E-state index contributed by atoms with van der Waals surface area (Å²) in [4.78, 5) is 12.0. The maximum atomic E-state index is 12.0. The number of carbonyl (C=O) groups excluding carboxylic acids is 1. The van der Waals surface area contributed by atoms with Gasteiger partial charge < -0.3 is 4.74 Å². The molecule has 1 aliphatic heterocycles. The SMILES string of the molecule is C[C@@H]1CC[C@@H]2[C@H](C=C[C@H]3COC(=O)[C@@]23C)C1. The van der Waals surface area contributed by atoms with Gasteiger partial charge >= 0.3 is 5.97 Å².